The number of guanidine groups is 1. The lowest BCUT2D eigenvalue weighted by molar-refractivity contribution is 0.132. The molecule has 1 aromatic carbocycles. The Hall–Kier alpha value is -0.900. The van der Waals surface area contributed by atoms with Crippen molar-refractivity contribution in [2.24, 2.45) is 10.9 Å². The van der Waals surface area contributed by atoms with Gasteiger partial charge in [0, 0.05) is 72.4 Å². The van der Waals surface area contributed by atoms with E-state index in [4.69, 9.17) is 4.74 Å². The normalized spacial score (nSPS) is 21.1. The van der Waals surface area contributed by atoms with E-state index in [0.29, 0.717) is 5.92 Å². The Balaban J connectivity index is 0.00000300. The number of halogens is 1. The fourth-order valence-corrected chi connectivity index (χ4v) is 4.05. The van der Waals surface area contributed by atoms with E-state index >= 15 is 0 Å². The fraction of sp³-hybridized carbons (Fsp3) is 0.682. The molecule has 7 heteroatoms. The van der Waals surface area contributed by atoms with Crippen LogP contribution in [-0.4, -0.2) is 87.2 Å². The fourth-order valence-electron chi connectivity index (χ4n) is 4.05. The molecule has 1 aromatic rings. The Kier molecular flexibility index (Phi) is 10.7. The molecule has 0 spiro atoms. The van der Waals surface area contributed by atoms with Gasteiger partial charge < -0.3 is 19.9 Å². The van der Waals surface area contributed by atoms with Gasteiger partial charge in [0.05, 0.1) is 6.61 Å². The van der Waals surface area contributed by atoms with E-state index in [0.717, 1.165) is 45.2 Å². The van der Waals surface area contributed by atoms with Crippen LogP contribution in [0.5, 0.6) is 0 Å². The summed E-state index contributed by atoms with van der Waals surface area (Å²) in [6, 6.07) is 9.02. The van der Waals surface area contributed by atoms with Crippen molar-refractivity contribution < 1.29 is 4.74 Å². The molecular formula is C22H38IN5O. The summed E-state index contributed by atoms with van der Waals surface area (Å²) in [5, 5.41) is 3.49. The van der Waals surface area contributed by atoms with E-state index in [9.17, 15) is 0 Å². The largest absolute Gasteiger partial charge is 0.381 e. The highest BCUT2D eigenvalue weighted by Crippen LogP contribution is 2.14. The van der Waals surface area contributed by atoms with E-state index in [1.165, 1.54) is 43.9 Å². The minimum Gasteiger partial charge on any atom is -0.381 e. The maximum absolute atomic E-state index is 5.48. The number of likely N-dealkylation sites (N-methyl/N-ethyl adjacent to an activating group) is 1. The molecule has 0 aromatic heterocycles. The van der Waals surface area contributed by atoms with Crippen molar-refractivity contribution in [2.45, 2.75) is 26.4 Å². The van der Waals surface area contributed by atoms with Gasteiger partial charge in [-0.1, -0.05) is 31.2 Å². The minimum atomic E-state index is 0. The molecular weight excluding hydrogens is 477 g/mol. The number of hydrogen-bond donors (Lipinski definition) is 1. The van der Waals surface area contributed by atoms with Gasteiger partial charge in [0.25, 0.3) is 0 Å². The second-order valence-corrected chi connectivity index (χ2v) is 8.04. The van der Waals surface area contributed by atoms with Gasteiger partial charge in [0.1, 0.15) is 0 Å². The topological polar surface area (TPSA) is 43.3 Å². The van der Waals surface area contributed by atoms with E-state index in [1.807, 2.05) is 7.05 Å². The molecule has 0 bridgehead atoms. The first-order chi connectivity index (χ1) is 13.7. The lowest BCUT2D eigenvalue weighted by atomic mass is 10.1. The quantitative estimate of drug-likeness (QED) is 0.344. The summed E-state index contributed by atoms with van der Waals surface area (Å²) in [5.41, 5.74) is 2.69. The molecule has 2 saturated heterocycles. The number of nitrogens with zero attached hydrogens (tertiary/aromatic N) is 4. The predicted octanol–water partition coefficient (Wildman–Crippen LogP) is 2.49. The number of aliphatic imine (C=N–C) groups is 1. The summed E-state index contributed by atoms with van der Waals surface area (Å²) in [5.74, 6) is 1.56. The second-order valence-electron chi connectivity index (χ2n) is 8.04. The van der Waals surface area contributed by atoms with E-state index in [2.05, 4.69) is 63.2 Å². The SMILES string of the molecule is CCN1CCN(Cc2ccc(CNC(=NC)N(C)CC3CCOC3)cc2)CC1.I. The van der Waals surface area contributed by atoms with Crippen molar-refractivity contribution >= 4 is 29.9 Å². The van der Waals surface area contributed by atoms with Crippen LogP contribution in [0.15, 0.2) is 29.3 Å². The number of nitrogens with one attached hydrogen (secondary N) is 1. The van der Waals surface area contributed by atoms with Crippen LogP contribution < -0.4 is 5.32 Å². The van der Waals surface area contributed by atoms with Crippen molar-refractivity contribution in [3.8, 4) is 0 Å². The summed E-state index contributed by atoms with van der Waals surface area (Å²) in [7, 11) is 3.96. The van der Waals surface area contributed by atoms with Crippen LogP contribution >= 0.6 is 24.0 Å². The summed E-state index contributed by atoms with van der Waals surface area (Å²) in [4.78, 5) is 11.7. The van der Waals surface area contributed by atoms with Crippen LogP contribution in [0.2, 0.25) is 0 Å². The van der Waals surface area contributed by atoms with Crippen molar-refractivity contribution in [3.63, 3.8) is 0 Å². The molecule has 0 radical (unpaired) electrons. The van der Waals surface area contributed by atoms with Gasteiger partial charge in [-0.3, -0.25) is 9.89 Å². The maximum Gasteiger partial charge on any atom is 0.193 e. The molecule has 1 unspecified atom stereocenters. The molecule has 164 valence electrons. The Labute approximate surface area is 193 Å². The first kappa shape index (κ1) is 24.4. The van der Waals surface area contributed by atoms with Crippen LogP contribution in [0.1, 0.15) is 24.5 Å². The highest BCUT2D eigenvalue weighted by Gasteiger charge is 2.19. The smallest absolute Gasteiger partial charge is 0.193 e. The summed E-state index contributed by atoms with van der Waals surface area (Å²) in [6.45, 7) is 12.8. The number of ether oxygens (including phenoxy) is 1. The predicted molar refractivity (Wildman–Crippen MR) is 131 cm³/mol. The molecule has 3 rings (SSSR count). The third kappa shape index (κ3) is 7.70. The van der Waals surface area contributed by atoms with Crippen LogP contribution in [-0.2, 0) is 17.8 Å². The zero-order valence-corrected chi connectivity index (χ0v) is 20.6. The first-order valence-electron chi connectivity index (χ1n) is 10.7. The zero-order chi connectivity index (χ0) is 19.8. The van der Waals surface area contributed by atoms with Crippen LogP contribution in [0.3, 0.4) is 0 Å². The first-order valence-corrected chi connectivity index (χ1v) is 10.7. The molecule has 1 N–H and O–H groups in total. The molecule has 1 atom stereocenters. The molecule has 2 fully saturated rings. The van der Waals surface area contributed by atoms with Crippen molar-refractivity contribution in [1.29, 1.82) is 0 Å². The van der Waals surface area contributed by atoms with Gasteiger partial charge in [0.2, 0.25) is 0 Å². The highest BCUT2D eigenvalue weighted by molar-refractivity contribution is 14.0. The van der Waals surface area contributed by atoms with Crippen molar-refractivity contribution in [3.05, 3.63) is 35.4 Å². The lowest BCUT2D eigenvalue weighted by Gasteiger charge is -2.34. The van der Waals surface area contributed by atoms with Crippen LogP contribution in [0.25, 0.3) is 0 Å². The minimum absolute atomic E-state index is 0. The Morgan fingerprint density at radius 1 is 1.14 bits per heavy atom. The molecule has 0 saturated carbocycles. The van der Waals surface area contributed by atoms with Crippen molar-refractivity contribution in [2.75, 3.05) is 66.6 Å². The van der Waals surface area contributed by atoms with Gasteiger partial charge in [0.15, 0.2) is 5.96 Å². The van der Waals surface area contributed by atoms with Crippen LogP contribution in [0.4, 0.5) is 0 Å². The summed E-state index contributed by atoms with van der Waals surface area (Å²) < 4.78 is 5.48. The van der Waals surface area contributed by atoms with Crippen LogP contribution in [0, 0.1) is 5.92 Å². The molecule has 2 heterocycles. The number of piperazine rings is 1. The van der Waals surface area contributed by atoms with E-state index < -0.39 is 0 Å². The standard InChI is InChI=1S/C22H37N5O.HI/c1-4-26-10-12-27(13-11-26)17-20-7-5-19(6-8-20)15-24-22(23-2)25(3)16-21-9-14-28-18-21;/h5-8,21H,4,9-18H2,1-3H3,(H,23,24);1H. The van der Waals surface area contributed by atoms with Crippen molar-refractivity contribution in [1.82, 2.24) is 20.0 Å². The molecule has 2 aliphatic rings. The monoisotopic (exact) mass is 515 g/mol. The number of hydrogen-bond acceptors (Lipinski definition) is 4. The van der Waals surface area contributed by atoms with Gasteiger partial charge in [-0.05, 0) is 24.1 Å². The lowest BCUT2D eigenvalue weighted by Crippen LogP contribution is -2.45. The van der Waals surface area contributed by atoms with E-state index in [-0.39, 0.29) is 24.0 Å². The van der Waals surface area contributed by atoms with Gasteiger partial charge >= 0.3 is 0 Å². The van der Waals surface area contributed by atoms with E-state index in [1.54, 1.807) is 0 Å². The zero-order valence-electron chi connectivity index (χ0n) is 18.3. The molecule has 0 amide bonds. The Morgan fingerprint density at radius 3 is 2.38 bits per heavy atom. The molecule has 2 aliphatic heterocycles. The average molecular weight is 515 g/mol. The summed E-state index contributed by atoms with van der Waals surface area (Å²) in [6.07, 6.45) is 1.15. The Morgan fingerprint density at radius 2 is 1.79 bits per heavy atom. The highest BCUT2D eigenvalue weighted by atomic mass is 127. The maximum atomic E-state index is 5.48. The van der Waals surface area contributed by atoms with Gasteiger partial charge in [-0.15, -0.1) is 24.0 Å². The van der Waals surface area contributed by atoms with Gasteiger partial charge in [-0.25, -0.2) is 0 Å². The summed E-state index contributed by atoms with van der Waals surface area (Å²) >= 11 is 0. The van der Waals surface area contributed by atoms with Gasteiger partial charge in [-0.2, -0.15) is 0 Å². The molecule has 0 aliphatic carbocycles. The number of benzene rings is 1. The molecule has 6 nitrogen and oxygen atoms in total. The molecule has 29 heavy (non-hydrogen) atoms. The number of rotatable bonds is 7. The Bertz CT molecular complexity index is 610. The third-order valence-electron chi connectivity index (χ3n) is 5.92. The third-order valence-corrected chi connectivity index (χ3v) is 5.92. The average Bonchev–Trinajstić information content (AvgIpc) is 3.23. The second kappa shape index (κ2) is 12.7.